The Kier molecular flexibility index (Phi) is 13.6. The van der Waals surface area contributed by atoms with Gasteiger partial charge in [-0.1, -0.05) is 42.5 Å². The number of methoxy groups -OCH3 is 1. The minimum Gasteiger partial charge on any atom is -0.453 e. The predicted octanol–water partition coefficient (Wildman–Crippen LogP) is 8.45. The van der Waals surface area contributed by atoms with E-state index in [1.807, 2.05) is 62.4 Å². The first kappa shape index (κ1) is 35.4. The quantitative estimate of drug-likeness (QED) is 0.174. The number of amides is 4. The zero-order valence-corrected chi connectivity index (χ0v) is 26.8. The van der Waals surface area contributed by atoms with Gasteiger partial charge in [0.25, 0.3) is 0 Å². The predicted molar refractivity (Wildman–Crippen MR) is 180 cm³/mol. The third kappa shape index (κ3) is 12.5. The van der Waals surface area contributed by atoms with Crippen molar-refractivity contribution in [3.05, 3.63) is 109 Å². The van der Waals surface area contributed by atoms with Gasteiger partial charge in [0.15, 0.2) is 0 Å². The van der Waals surface area contributed by atoms with Crippen molar-refractivity contribution in [3.8, 4) is 11.5 Å². The Morgan fingerprint density at radius 2 is 1.19 bits per heavy atom. The van der Waals surface area contributed by atoms with Gasteiger partial charge >= 0.3 is 24.4 Å². The molecular weight excluding hydrogens is 604 g/mol. The van der Waals surface area contributed by atoms with Crippen LogP contribution in [0.15, 0.2) is 103 Å². The van der Waals surface area contributed by atoms with Gasteiger partial charge in [-0.05, 0) is 81.8 Å². The normalized spacial score (nSPS) is 10.0. The van der Waals surface area contributed by atoms with Gasteiger partial charge in [0.05, 0.1) is 13.2 Å². The van der Waals surface area contributed by atoms with E-state index in [2.05, 4.69) is 20.7 Å². The molecule has 0 bridgehead atoms. The first-order valence-electron chi connectivity index (χ1n) is 14.7. The summed E-state index contributed by atoms with van der Waals surface area (Å²) in [5, 5.41) is 7.71. The maximum Gasteiger partial charge on any atom is 0.419 e. The molecule has 0 unspecified atom stereocenters. The van der Waals surface area contributed by atoms with Crippen LogP contribution in [0.25, 0.3) is 0 Å². The average molecular weight is 643 g/mol. The molecule has 4 aromatic carbocycles. The lowest BCUT2D eigenvalue weighted by Gasteiger charge is -2.20. The van der Waals surface area contributed by atoms with E-state index in [9.17, 15) is 19.2 Å². The Bertz CT molecular complexity index is 1650. The summed E-state index contributed by atoms with van der Waals surface area (Å²) in [5.41, 5.74) is 3.38. The van der Waals surface area contributed by atoms with Crippen LogP contribution in [0.1, 0.15) is 26.3 Å². The summed E-state index contributed by atoms with van der Waals surface area (Å²) in [6.07, 6.45) is -2.47. The summed E-state index contributed by atoms with van der Waals surface area (Å²) in [4.78, 5) is 48.6. The number of nitrogens with zero attached hydrogens (tertiary/aromatic N) is 1. The van der Waals surface area contributed by atoms with Crippen molar-refractivity contribution in [2.75, 3.05) is 34.5 Å². The molecule has 3 N–H and O–H groups in total. The second-order valence-electron chi connectivity index (χ2n) is 10.1. The van der Waals surface area contributed by atoms with E-state index in [-0.39, 0.29) is 6.10 Å². The zero-order valence-electron chi connectivity index (χ0n) is 26.8. The SMILES string of the molecule is CCN(C(=O)Oc1cccc(NC(=O)OC(C)C)c1)c1ccccc1.COC(=O)Nc1cccc(OC(=O)Nc2cccc(C)c2)c1. The molecule has 0 aliphatic carbocycles. The number of anilines is 4. The summed E-state index contributed by atoms with van der Waals surface area (Å²) in [5.74, 6) is 0.640. The highest BCUT2D eigenvalue weighted by atomic mass is 16.6. The fourth-order valence-electron chi connectivity index (χ4n) is 3.96. The van der Waals surface area contributed by atoms with Crippen molar-refractivity contribution in [1.82, 2.24) is 0 Å². The Balaban J connectivity index is 0.000000257. The van der Waals surface area contributed by atoms with E-state index >= 15 is 0 Å². The minimum atomic E-state index is -0.610. The minimum absolute atomic E-state index is 0.218. The number of hydrogen-bond acceptors (Lipinski definition) is 8. The van der Waals surface area contributed by atoms with E-state index in [1.165, 1.54) is 18.1 Å². The lowest BCUT2D eigenvalue weighted by atomic mass is 10.2. The second kappa shape index (κ2) is 18.1. The molecule has 0 atom stereocenters. The van der Waals surface area contributed by atoms with Gasteiger partial charge in [-0.3, -0.25) is 20.9 Å². The molecule has 4 amide bonds. The van der Waals surface area contributed by atoms with Crippen molar-refractivity contribution in [1.29, 1.82) is 0 Å². The van der Waals surface area contributed by atoms with Crippen molar-refractivity contribution in [2.45, 2.75) is 33.8 Å². The Morgan fingerprint density at radius 1 is 0.660 bits per heavy atom. The third-order valence-electron chi connectivity index (χ3n) is 5.97. The highest BCUT2D eigenvalue weighted by molar-refractivity contribution is 5.90. The van der Waals surface area contributed by atoms with Crippen molar-refractivity contribution in [2.24, 2.45) is 0 Å². The summed E-state index contributed by atoms with van der Waals surface area (Å²) in [7, 11) is 1.27. The molecule has 0 spiro atoms. The number of benzene rings is 4. The van der Waals surface area contributed by atoms with Gasteiger partial charge in [0, 0.05) is 41.4 Å². The number of aryl methyl sites for hydroxylation is 1. The highest BCUT2D eigenvalue weighted by Gasteiger charge is 2.16. The van der Waals surface area contributed by atoms with Crippen LogP contribution in [-0.4, -0.2) is 44.1 Å². The zero-order chi connectivity index (χ0) is 34.2. The second-order valence-corrected chi connectivity index (χ2v) is 10.1. The van der Waals surface area contributed by atoms with Crippen molar-refractivity contribution >= 4 is 47.1 Å². The fourth-order valence-corrected chi connectivity index (χ4v) is 3.96. The average Bonchev–Trinajstić information content (AvgIpc) is 3.02. The number of carbonyl (C=O) groups excluding carboxylic acids is 4. The lowest BCUT2D eigenvalue weighted by molar-refractivity contribution is 0.130. The molecule has 0 heterocycles. The van der Waals surface area contributed by atoms with Gasteiger partial charge < -0.3 is 18.9 Å². The van der Waals surface area contributed by atoms with Crippen LogP contribution in [0.4, 0.5) is 41.9 Å². The van der Waals surface area contributed by atoms with Crippen LogP contribution in [-0.2, 0) is 9.47 Å². The standard InChI is InChI=1S/C19H22N2O4.C16H16N2O4/c1-4-21(16-10-6-5-7-11-16)19(23)25-17-12-8-9-15(13-17)20-18(22)24-14(2)3;1-11-5-3-6-12(9-11)18-16(20)22-14-8-4-7-13(10-14)17-15(19)21-2/h5-14H,4H2,1-3H3,(H,20,22);3-10H,1-2H3,(H,17,19)(H,18,20). The van der Waals surface area contributed by atoms with Crippen LogP contribution in [0, 0.1) is 6.92 Å². The lowest BCUT2D eigenvalue weighted by Crippen LogP contribution is -2.33. The number of para-hydroxylation sites is 1. The molecular formula is C35H38N4O8. The Labute approximate surface area is 273 Å². The highest BCUT2D eigenvalue weighted by Crippen LogP contribution is 2.21. The molecule has 12 nitrogen and oxygen atoms in total. The van der Waals surface area contributed by atoms with E-state index in [1.54, 1.807) is 62.4 Å². The molecule has 12 heteroatoms. The van der Waals surface area contributed by atoms with Crippen LogP contribution < -0.4 is 30.3 Å². The van der Waals surface area contributed by atoms with Crippen LogP contribution >= 0.6 is 0 Å². The molecule has 4 aromatic rings. The molecule has 0 saturated carbocycles. The molecule has 246 valence electrons. The van der Waals surface area contributed by atoms with Gasteiger partial charge in [-0.25, -0.2) is 19.2 Å². The summed E-state index contributed by atoms with van der Waals surface area (Å²) < 4.78 is 20.1. The van der Waals surface area contributed by atoms with Crippen LogP contribution in [0.3, 0.4) is 0 Å². The number of carbonyl (C=O) groups is 4. The summed E-state index contributed by atoms with van der Waals surface area (Å²) in [6, 6.07) is 29.7. The first-order chi connectivity index (χ1) is 22.6. The fraction of sp³-hybridized carbons (Fsp3) is 0.200. The van der Waals surface area contributed by atoms with Crippen LogP contribution in [0.2, 0.25) is 0 Å². The third-order valence-corrected chi connectivity index (χ3v) is 5.97. The molecule has 0 aliphatic rings. The number of rotatable bonds is 8. The molecule has 0 aliphatic heterocycles. The topological polar surface area (TPSA) is 145 Å². The van der Waals surface area contributed by atoms with E-state index in [0.29, 0.717) is 35.1 Å². The first-order valence-corrected chi connectivity index (χ1v) is 14.7. The van der Waals surface area contributed by atoms with Gasteiger partial charge in [-0.15, -0.1) is 0 Å². The van der Waals surface area contributed by atoms with Gasteiger partial charge in [-0.2, -0.15) is 0 Å². The van der Waals surface area contributed by atoms with E-state index < -0.39 is 24.4 Å². The summed E-state index contributed by atoms with van der Waals surface area (Å²) >= 11 is 0. The van der Waals surface area contributed by atoms with Gasteiger partial charge in [0.1, 0.15) is 11.5 Å². The molecule has 0 saturated heterocycles. The number of nitrogens with one attached hydrogen (secondary N) is 3. The monoisotopic (exact) mass is 642 g/mol. The van der Waals surface area contributed by atoms with Crippen molar-refractivity contribution in [3.63, 3.8) is 0 Å². The number of hydrogen-bond donors (Lipinski definition) is 3. The molecule has 0 aromatic heterocycles. The Hall–Kier alpha value is -6.04. The molecule has 0 fully saturated rings. The molecule has 47 heavy (non-hydrogen) atoms. The summed E-state index contributed by atoms with van der Waals surface area (Å²) in [6.45, 7) is 7.80. The molecule has 4 rings (SSSR count). The molecule has 0 radical (unpaired) electrons. The largest absolute Gasteiger partial charge is 0.453 e. The van der Waals surface area contributed by atoms with Crippen LogP contribution in [0.5, 0.6) is 11.5 Å². The maximum atomic E-state index is 12.4. The Morgan fingerprint density at radius 3 is 1.74 bits per heavy atom. The van der Waals surface area contributed by atoms with E-state index in [4.69, 9.17) is 14.2 Å². The maximum absolute atomic E-state index is 12.4. The van der Waals surface area contributed by atoms with E-state index in [0.717, 1.165) is 11.3 Å². The number of ether oxygens (including phenoxy) is 4. The smallest absolute Gasteiger partial charge is 0.419 e. The van der Waals surface area contributed by atoms with Gasteiger partial charge in [0.2, 0.25) is 0 Å². The van der Waals surface area contributed by atoms with Crippen molar-refractivity contribution < 1.29 is 38.1 Å².